The van der Waals surface area contributed by atoms with Crippen LogP contribution in [0.4, 0.5) is 0 Å². The number of hydrogen-bond acceptors (Lipinski definition) is 3. The van der Waals surface area contributed by atoms with Crippen molar-refractivity contribution in [2.45, 2.75) is 0 Å². The van der Waals surface area contributed by atoms with Crippen LogP contribution in [0, 0.1) is 4.77 Å². The Morgan fingerprint density at radius 3 is 2.56 bits per heavy atom. The van der Waals surface area contributed by atoms with E-state index in [2.05, 4.69) is 4.98 Å². The summed E-state index contributed by atoms with van der Waals surface area (Å²) in [5.41, 5.74) is 0.273. The molecule has 0 aliphatic heterocycles. The van der Waals surface area contributed by atoms with E-state index in [1.54, 1.807) is 24.3 Å². The maximum absolute atomic E-state index is 11.9. The highest BCUT2D eigenvalue weighted by molar-refractivity contribution is 7.71. The molecule has 2 aromatic rings. The molecule has 0 bridgehead atoms. The molecule has 1 N–H and O–H groups in total. The monoisotopic (exact) mass is 233 g/mol. The first-order valence-electron chi connectivity index (χ1n) is 4.67. The fourth-order valence-electron chi connectivity index (χ4n) is 1.46. The van der Waals surface area contributed by atoms with Gasteiger partial charge in [-0.25, -0.2) is 0 Å². The number of aromatic amines is 1. The van der Waals surface area contributed by atoms with Crippen molar-refractivity contribution < 1.29 is 5.11 Å². The van der Waals surface area contributed by atoms with E-state index in [4.69, 9.17) is 12.2 Å². The number of benzene rings is 1. The molecular formula is C11H9N2O2S-. The quantitative estimate of drug-likeness (QED) is 0.752. The molecule has 0 fully saturated rings. The predicted molar refractivity (Wildman–Crippen MR) is 61.7 cm³/mol. The van der Waals surface area contributed by atoms with Crippen molar-refractivity contribution in [1.82, 2.24) is 9.55 Å². The zero-order valence-electron chi connectivity index (χ0n) is 8.56. The van der Waals surface area contributed by atoms with Crippen LogP contribution in [0.5, 0.6) is 5.88 Å². The Kier molecular flexibility index (Phi) is 2.62. The van der Waals surface area contributed by atoms with Gasteiger partial charge in [-0.05, 0) is 23.7 Å². The third-order valence-corrected chi connectivity index (χ3v) is 2.71. The van der Waals surface area contributed by atoms with E-state index in [0.717, 1.165) is 0 Å². The summed E-state index contributed by atoms with van der Waals surface area (Å²) >= 11 is 4.85. The molecule has 0 unspecified atom stereocenters. The molecule has 0 spiro atoms. The SMILES string of the molecule is Cn1c([O-])c(-c2ccccc2)c(=O)[nH]c1=S. The van der Waals surface area contributed by atoms with Gasteiger partial charge in [0.1, 0.15) is 0 Å². The van der Waals surface area contributed by atoms with Crippen molar-refractivity contribution in [3.8, 4) is 17.0 Å². The Morgan fingerprint density at radius 1 is 1.31 bits per heavy atom. The van der Waals surface area contributed by atoms with Gasteiger partial charge in [-0.3, -0.25) is 9.78 Å². The highest BCUT2D eigenvalue weighted by Gasteiger charge is 2.05. The molecule has 0 aliphatic carbocycles. The molecule has 1 aromatic carbocycles. The zero-order valence-corrected chi connectivity index (χ0v) is 9.38. The summed E-state index contributed by atoms with van der Waals surface area (Å²) in [7, 11) is 1.53. The largest absolute Gasteiger partial charge is 0.859 e. The summed E-state index contributed by atoms with van der Waals surface area (Å²) in [5, 5.41) is 11.9. The summed E-state index contributed by atoms with van der Waals surface area (Å²) in [6.07, 6.45) is 0. The highest BCUT2D eigenvalue weighted by atomic mass is 32.1. The maximum Gasteiger partial charge on any atom is 0.258 e. The molecule has 0 radical (unpaired) electrons. The highest BCUT2D eigenvalue weighted by Crippen LogP contribution is 2.21. The molecule has 0 atom stereocenters. The van der Waals surface area contributed by atoms with Crippen LogP contribution in [-0.4, -0.2) is 9.55 Å². The molecule has 82 valence electrons. The van der Waals surface area contributed by atoms with Gasteiger partial charge in [0.2, 0.25) is 0 Å². The van der Waals surface area contributed by atoms with Gasteiger partial charge < -0.3 is 9.67 Å². The smallest absolute Gasteiger partial charge is 0.258 e. The molecule has 1 aromatic heterocycles. The number of hydrogen-bond donors (Lipinski definition) is 1. The predicted octanol–water partition coefficient (Wildman–Crippen LogP) is 1.18. The summed E-state index contributed by atoms with van der Waals surface area (Å²) in [4.78, 5) is 14.1. The first-order chi connectivity index (χ1) is 7.61. The van der Waals surface area contributed by atoms with E-state index in [1.165, 1.54) is 11.6 Å². The average molecular weight is 233 g/mol. The Labute approximate surface area is 96.8 Å². The molecule has 2 rings (SSSR count). The van der Waals surface area contributed by atoms with Crippen molar-refractivity contribution in [3.05, 3.63) is 45.5 Å². The van der Waals surface area contributed by atoms with Gasteiger partial charge in [-0.2, -0.15) is 0 Å². The van der Waals surface area contributed by atoms with Gasteiger partial charge in [0.25, 0.3) is 5.56 Å². The number of rotatable bonds is 1. The minimum atomic E-state index is -0.445. The lowest BCUT2D eigenvalue weighted by atomic mass is 10.1. The summed E-state index contributed by atoms with van der Waals surface area (Å²) in [5.74, 6) is -0.375. The number of aromatic nitrogens is 2. The van der Waals surface area contributed by atoms with E-state index in [9.17, 15) is 9.90 Å². The second kappa shape index (κ2) is 3.94. The molecule has 1 heterocycles. The molecule has 0 aliphatic rings. The van der Waals surface area contributed by atoms with Gasteiger partial charge in [0, 0.05) is 7.05 Å². The Bertz CT molecular complexity index is 629. The summed E-state index contributed by atoms with van der Waals surface area (Å²) in [6, 6.07) is 8.80. The summed E-state index contributed by atoms with van der Waals surface area (Å²) in [6.45, 7) is 0. The van der Waals surface area contributed by atoms with Crippen molar-refractivity contribution in [1.29, 1.82) is 0 Å². The zero-order chi connectivity index (χ0) is 11.7. The normalized spacial score (nSPS) is 10.3. The van der Waals surface area contributed by atoms with Crippen LogP contribution in [0.25, 0.3) is 11.1 Å². The van der Waals surface area contributed by atoms with Crippen molar-refractivity contribution >= 4 is 12.2 Å². The standard InChI is InChI=1S/C11H10N2O2S/c1-13-10(15)8(9(14)12-11(13)16)7-5-3-2-4-6-7/h2-6,15H,1H3,(H,12,14,16)/p-1. The third-order valence-electron chi connectivity index (χ3n) is 2.33. The molecule has 4 nitrogen and oxygen atoms in total. The Morgan fingerprint density at radius 2 is 1.94 bits per heavy atom. The Balaban J connectivity index is 2.82. The van der Waals surface area contributed by atoms with Crippen LogP contribution in [0.1, 0.15) is 0 Å². The lowest BCUT2D eigenvalue weighted by molar-refractivity contribution is -0.278. The lowest BCUT2D eigenvalue weighted by Gasteiger charge is -2.17. The number of nitrogens with one attached hydrogen (secondary N) is 1. The van der Waals surface area contributed by atoms with E-state index in [1.807, 2.05) is 6.07 Å². The topological polar surface area (TPSA) is 60.9 Å². The van der Waals surface area contributed by atoms with Crippen LogP contribution in [0.2, 0.25) is 0 Å². The van der Waals surface area contributed by atoms with Crippen LogP contribution in [0.3, 0.4) is 0 Å². The van der Waals surface area contributed by atoms with Gasteiger partial charge in [0.15, 0.2) is 4.77 Å². The van der Waals surface area contributed by atoms with Gasteiger partial charge in [-0.1, -0.05) is 30.3 Å². The van der Waals surface area contributed by atoms with Gasteiger partial charge in [0.05, 0.1) is 5.56 Å². The molecule has 0 saturated heterocycles. The fraction of sp³-hybridized carbons (Fsp3) is 0.0909. The molecular weight excluding hydrogens is 224 g/mol. The van der Waals surface area contributed by atoms with Crippen LogP contribution in [-0.2, 0) is 7.05 Å². The maximum atomic E-state index is 11.9. The molecule has 16 heavy (non-hydrogen) atoms. The fourth-order valence-corrected chi connectivity index (χ4v) is 1.64. The van der Waals surface area contributed by atoms with Crippen molar-refractivity contribution in [3.63, 3.8) is 0 Å². The third kappa shape index (κ3) is 1.65. The van der Waals surface area contributed by atoms with E-state index in [-0.39, 0.29) is 16.2 Å². The average Bonchev–Trinajstić information content (AvgIpc) is 2.28. The van der Waals surface area contributed by atoms with Crippen LogP contribution < -0.4 is 10.7 Å². The second-order valence-electron chi connectivity index (χ2n) is 3.36. The van der Waals surface area contributed by atoms with Gasteiger partial charge >= 0.3 is 0 Å². The first-order valence-corrected chi connectivity index (χ1v) is 5.08. The molecule has 5 heteroatoms. The lowest BCUT2D eigenvalue weighted by Crippen LogP contribution is -2.18. The van der Waals surface area contributed by atoms with Crippen molar-refractivity contribution in [2.75, 3.05) is 0 Å². The minimum absolute atomic E-state index is 0.122. The van der Waals surface area contributed by atoms with E-state index >= 15 is 0 Å². The number of nitrogens with zero attached hydrogens (tertiary/aromatic N) is 1. The van der Waals surface area contributed by atoms with Gasteiger partial charge in [-0.15, -0.1) is 0 Å². The molecule has 0 amide bonds. The summed E-state index contributed by atoms with van der Waals surface area (Å²) < 4.78 is 1.38. The first kappa shape index (κ1) is 10.6. The van der Waals surface area contributed by atoms with Crippen molar-refractivity contribution in [2.24, 2.45) is 7.05 Å². The van der Waals surface area contributed by atoms with E-state index < -0.39 is 5.56 Å². The Hall–Kier alpha value is -1.88. The number of H-pyrrole nitrogens is 1. The van der Waals surface area contributed by atoms with Crippen LogP contribution in [0.15, 0.2) is 35.1 Å². The van der Waals surface area contributed by atoms with E-state index in [0.29, 0.717) is 5.56 Å². The second-order valence-corrected chi connectivity index (χ2v) is 3.75. The minimum Gasteiger partial charge on any atom is -0.859 e. The molecule has 0 saturated carbocycles. The van der Waals surface area contributed by atoms with Crippen LogP contribution >= 0.6 is 12.2 Å².